The number of alkyl carbamates (subject to hydrolysis) is 1. The molecule has 0 aromatic heterocycles. The number of carbonyl (C=O) groups excluding carboxylic acids is 2. The summed E-state index contributed by atoms with van der Waals surface area (Å²) in [7, 11) is 3.46. The van der Waals surface area contributed by atoms with Gasteiger partial charge in [0.25, 0.3) is 0 Å². The maximum absolute atomic E-state index is 11.4. The van der Waals surface area contributed by atoms with Crippen molar-refractivity contribution in [2.75, 3.05) is 27.2 Å². The molecule has 1 atom stereocenters. The molecule has 0 aliphatic heterocycles. The summed E-state index contributed by atoms with van der Waals surface area (Å²) in [5, 5.41) is 5.85. The van der Waals surface area contributed by atoms with E-state index in [1.807, 2.05) is 27.7 Å². The molecule has 6 nitrogen and oxygen atoms in total. The van der Waals surface area contributed by atoms with Gasteiger partial charge in [-0.2, -0.15) is 0 Å². The SMILES string of the molecule is CC(CNC(=O)OC(C)(C)C)NCCC(=O)N(C)C. The minimum atomic E-state index is -0.487. The summed E-state index contributed by atoms with van der Waals surface area (Å²) in [6.45, 7) is 8.46. The lowest BCUT2D eigenvalue weighted by Gasteiger charge is -2.21. The van der Waals surface area contributed by atoms with Crippen molar-refractivity contribution in [3.63, 3.8) is 0 Å². The largest absolute Gasteiger partial charge is 0.444 e. The van der Waals surface area contributed by atoms with Crippen molar-refractivity contribution in [1.29, 1.82) is 0 Å². The van der Waals surface area contributed by atoms with Crippen molar-refractivity contribution >= 4 is 12.0 Å². The first-order valence-corrected chi connectivity index (χ1v) is 6.52. The zero-order chi connectivity index (χ0) is 15.1. The lowest BCUT2D eigenvalue weighted by molar-refractivity contribution is -0.128. The second-order valence-corrected chi connectivity index (χ2v) is 5.78. The van der Waals surface area contributed by atoms with Crippen molar-refractivity contribution in [3.8, 4) is 0 Å². The number of ether oxygens (including phenoxy) is 1. The molecule has 112 valence electrons. The Morgan fingerprint density at radius 2 is 1.84 bits per heavy atom. The zero-order valence-corrected chi connectivity index (χ0v) is 12.9. The minimum Gasteiger partial charge on any atom is -0.444 e. The Labute approximate surface area is 115 Å². The predicted octanol–water partition coefficient (Wildman–Crippen LogP) is 0.968. The average Bonchev–Trinajstić information content (AvgIpc) is 2.23. The van der Waals surface area contributed by atoms with Crippen molar-refractivity contribution in [2.45, 2.75) is 45.8 Å². The number of carbonyl (C=O) groups is 2. The van der Waals surface area contributed by atoms with E-state index in [-0.39, 0.29) is 11.9 Å². The Hall–Kier alpha value is -1.30. The molecule has 2 amide bonds. The molecule has 0 rings (SSSR count). The molecule has 2 N–H and O–H groups in total. The molecule has 0 radical (unpaired) electrons. The molecule has 1 unspecified atom stereocenters. The van der Waals surface area contributed by atoms with Gasteiger partial charge in [0.2, 0.25) is 5.91 Å². The number of rotatable bonds is 6. The summed E-state index contributed by atoms with van der Waals surface area (Å²) in [6.07, 6.45) is 0.0227. The van der Waals surface area contributed by atoms with Gasteiger partial charge in [0.15, 0.2) is 0 Å². The van der Waals surface area contributed by atoms with Crippen LogP contribution in [0, 0.1) is 0 Å². The van der Waals surface area contributed by atoms with Crippen molar-refractivity contribution < 1.29 is 14.3 Å². The van der Waals surface area contributed by atoms with Crippen LogP contribution < -0.4 is 10.6 Å². The van der Waals surface area contributed by atoms with Gasteiger partial charge >= 0.3 is 6.09 Å². The molecule has 0 aromatic rings. The summed E-state index contributed by atoms with van der Waals surface area (Å²) in [5.41, 5.74) is -0.487. The third-order valence-electron chi connectivity index (χ3n) is 2.28. The summed E-state index contributed by atoms with van der Waals surface area (Å²) in [5.74, 6) is 0.0831. The van der Waals surface area contributed by atoms with Gasteiger partial charge in [-0.25, -0.2) is 4.79 Å². The Bertz CT molecular complexity index is 298. The number of hydrogen-bond acceptors (Lipinski definition) is 4. The molecule has 0 aliphatic carbocycles. The van der Waals surface area contributed by atoms with Gasteiger partial charge in [-0.3, -0.25) is 4.79 Å². The molecule has 0 heterocycles. The van der Waals surface area contributed by atoms with Crippen LogP contribution in [0.1, 0.15) is 34.1 Å². The Kier molecular flexibility index (Phi) is 7.44. The fourth-order valence-electron chi connectivity index (χ4n) is 1.27. The monoisotopic (exact) mass is 273 g/mol. The van der Waals surface area contributed by atoms with Crippen molar-refractivity contribution in [1.82, 2.24) is 15.5 Å². The predicted molar refractivity (Wildman–Crippen MR) is 75.0 cm³/mol. The highest BCUT2D eigenvalue weighted by molar-refractivity contribution is 5.75. The smallest absolute Gasteiger partial charge is 0.407 e. The first-order valence-electron chi connectivity index (χ1n) is 6.52. The topological polar surface area (TPSA) is 70.7 Å². The molecule has 0 bridgehead atoms. The van der Waals surface area contributed by atoms with Crippen molar-refractivity contribution in [2.24, 2.45) is 0 Å². The summed E-state index contributed by atoms with van der Waals surface area (Å²) < 4.78 is 5.12. The van der Waals surface area contributed by atoms with Crippen LogP contribution in [-0.4, -0.2) is 55.7 Å². The number of nitrogens with zero attached hydrogens (tertiary/aromatic N) is 1. The summed E-state index contributed by atoms with van der Waals surface area (Å²) in [4.78, 5) is 24.3. The molecular formula is C13H27N3O3. The minimum absolute atomic E-state index is 0.0831. The van der Waals surface area contributed by atoms with E-state index in [0.717, 1.165) is 0 Å². The van der Waals surface area contributed by atoms with Crippen LogP contribution >= 0.6 is 0 Å². The lowest BCUT2D eigenvalue weighted by atomic mass is 10.2. The summed E-state index contributed by atoms with van der Waals surface area (Å²) in [6, 6.07) is 0.0856. The summed E-state index contributed by atoms with van der Waals surface area (Å²) >= 11 is 0. The number of hydrogen-bond donors (Lipinski definition) is 2. The first kappa shape index (κ1) is 17.7. The standard InChI is InChI=1S/C13H27N3O3/c1-10(14-8-7-11(17)16(5)6)9-15-12(18)19-13(2,3)4/h10,14H,7-9H2,1-6H3,(H,15,18). The van der Waals surface area contributed by atoms with E-state index in [2.05, 4.69) is 10.6 Å². The molecule has 0 spiro atoms. The number of amides is 2. The van der Waals surface area contributed by atoms with Crippen LogP contribution in [0.2, 0.25) is 0 Å². The maximum atomic E-state index is 11.4. The van der Waals surface area contributed by atoms with E-state index in [1.54, 1.807) is 19.0 Å². The van der Waals surface area contributed by atoms with Crippen LogP contribution in [0.4, 0.5) is 4.79 Å². The Balaban J connectivity index is 3.73. The molecule has 0 saturated heterocycles. The van der Waals surface area contributed by atoms with Gasteiger partial charge in [-0.15, -0.1) is 0 Å². The molecule has 0 aliphatic rings. The van der Waals surface area contributed by atoms with Gasteiger partial charge < -0.3 is 20.3 Å². The molecule has 0 saturated carbocycles. The van der Waals surface area contributed by atoms with Crippen LogP contribution in [0.25, 0.3) is 0 Å². The molecule has 19 heavy (non-hydrogen) atoms. The first-order chi connectivity index (χ1) is 8.61. The zero-order valence-electron chi connectivity index (χ0n) is 12.9. The third kappa shape index (κ3) is 10.3. The van der Waals surface area contributed by atoms with E-state index >= 15 is 0 Å². The fraction of sp³-hybridized carbons (Fsp3) is 0.846. The quantitative estimate of drug-likeness (QED) is 0.756. The van der Waals surface area contributed by atoms with Crippen molar-refractivity contribution in [3.05, 3.63) is 0 Å². The van der Waals surface area contributed by atoms with Gasteiger partial charge in [-0.1, -0.05) is 0 Å². The van der Waals surface area contributed by atoms with Crippen LogP contribution in [0.3, 0.4) is 0 Å². The van der Waals surface area contributed by atoms with Gasteiger partial charge in [0, 0.05) is 39.6 Å². The highest BCUT2D eigenvalue weighted by Crippen LogP contribution is 2.06. The van der Waals surface area contributed by atoms with Gasteiger partial charge in [-0.05, 0) is 27.7 Å². The second kappa shape index (κ2) is 7.99. The molecule has 0 aromatic carbocycles. The van der Waals surface area contributed by atoms with Crippen LogP contribution in [0.5, 0.6) is 0 Å². The van der Waals surface area contributed by atoms with E-state index in [9.17, 15) is 9.59 Å². The van der Waals surface area contributed by atoms with Gasteiger partial charge in [0.05, 0.1) is 0 Å². The second-order valence-electron chi connectivity index (χ2n) is 5.78. The number of nitrogens with one attached hydrogen (secondary N) is 2. The normalized spacial score (nSPS) is 12.7. The maximum Gasteiger partial charge on any atom is 0.407 e. The van der Waals surface area contributed by atoms with Crippen LogP contribution in [-0.2, 0) is 9.53 Å². The Morgan fingerprint density at radius 3 is 2.32 bits per heavy atom. The fourth-order valence-corrected chi connectivity index (χ4v) is 1.27. The lowest BCUT2D eigenvalue weighted by Crippen LogP contribution is -2.42. The Morgan fingerprint density at radius 1 is 1.26 bits per heavy atom. The molecular weight excluding hydrogens is 246 g/mol. The molecule has 6 heteroatoms. The van der Waals surface area contributed by atoms with E-state index in [1.165, 1.54) is 0 Å². The van der Waals surface area contributed by atoms with E-state index in [4.69, 9.17) is 4.74 Å². The third-order valence-corrected chi connectivity index (χ3v) is 2.28. The highest BCUT2D eigenvalue weighted by atomic mass is 16.6. The van der Waals surface area contributed by atoms with Crippen LogP contribution in [0.15, 0.2) is 0 Å². The van der Waals surface area contributed by atoms with Gasteiger partial charge in [0.1, 0.15) is 5.60 Å². The molecule has 0 fully saturated rings. The van der Waals surface area contributed by atoms with E-state index < -0.39 is 11.7 Å². The average molecular weight is 273 g/mol. The highest BCUT2D eigenvalue weighted by Gasteiger charge is 2.16. The van der Waals surface area contributed by atoms with E-state index in [0.29, 0.717) is 19.5 Å².